The van der Waals surface area contributed by atoms with E-state index in [9.17, 15) is 18.4 Å². The van der Waals surface area contributed by atoms with Crippen molar-refractivity contribution in [2.45, 2.75) is 0 Å². The Labute approximate surface area is 209 Å². The molecule has 0 radical (unpaired) electrons. The molecule has 5 nitrogen and oxygen atoms in total. The fourth-order valence-corrected chi connectivity index (χ4v) is 3.86. The number of rotatable bonds is 5. The van der Waals surface area contributed by atoms with Gasteiger partial charge in [0.05, 0.1) is 10.0 Å². The van der Waals surface area contributed by atoms with Gasteiger partial charge in [0.2, 0.25) is 0 Å². The summed E-state index contributed by atoms with van der Waals surface area (Å²) < 4.78 is 33.5. The number of hydrogen-bond acceptors (Lipinski definition) is 3. The normalized spacial score (nSPS) is 10.5. The van der Waals surface area contributed by atoms with Crippen molar-refractivity contribution in [1.29, 1.82) is 0 Å². The zero-order valence-corrected chi connectivity index (χ0v) is 19.3. The Hall–Kier alpha value is -3.94. The summed E-state index contributed by atoms with van der Waals surface area (Å²) >= 11 is 12.7. The predicted molar refractivity (Wildman–Crippen MR) is 131 cm³/mol. The molecule has 4 aromatic carbocycles. The average Bonchev–Trinajstić information content (AvgIpc) is 2.82. The van der Waals surface area contributed by atoms with Crippen LogP contribution in [0.4, 0.5) is 19.3 Å². The van der Waals surface area contributed by atoms with E-state index in [1.807, 2.05) is 47.8 Å². The summed E-state index contributed by atoms with van der Waals surface area (Å²) in [5.41, 5.74) is 1.00. The van der Waals surface area contributed by atoms with Gasteiger partial charge < -0.3 is 10.1 Å². The summed E-state index contributed by atoms with van der Waals surface area (Å²) in [4.78, 5) is 24.3. The molecule has 9 heteroatoms. The fourth-order valence-electron chi connectivity index (χ4n) is 3.29. The number of amides is 3. The Kier molecular flexibility index (Phi) is 7.29. The van der Waals surface area contributed by atoms with Gasteiger partial charge >= 0.3 is 6.03 Å². The minimum Gasteiger partial charge on any atom is -0.454 e. The number of benzene rings is 4. The predicted octanol–water partition coefficient (Wildman–Crippen LogP) is 7.69. The second-order valence-corrected chi connectivity index (χ2v) is 8.05. The molecule has 0 spiro atoms. The van der Waals surface area contributed by atoms with Crippen molar-refractivity contribution in [3.8, 4) is 22.6 Å². The van der Waals surface area contributed by atoms with Gasteiger partial charge in [-0.25, -0.2) is 13.6 Å². The molecule has 176 valence electrons. The maximum atomic E-state index is 13.8. The van der Waals surface area contributed by atoms with Crippen molar-refractivity contribution in [2.24, 2.45) is 0 Å². The van der Waals surface area contributed by atoms with E-state index in [1.54, 1.807) is 12.1 Å². The number of carbonyl (C=O) groups excluding carboxylic acids is 2. The third-order valence-electron chi connectivity index (χ3n) is 4.86. The quantitative estimate of drug-likeness (QED) is 0.288. The third kappa shape index (κ3) is 5.59. The summed E-state index contributed by atoms with van der Waals surface area (Å²) in [6, 6.07) is 21.5. The lowest BCUT2D eigenvalue weighted by molar-refractivity contribution is 0.0959. The van der Waals surface area contributed by atoms with Gasteiger partial charge in [-0.05, 0) is 35.9 Å². The Morgan fingerprint density at radius 3 is 2.03 bits per heavy atom. The molecule has 0 fully saturated rings. The maximum Gasteiger partial charge on any atom is 0.326 e. The highest BCUT2D eigenvalue weighted by Crippen LogP contribution is 2.41. The van der Waals surface area contributed by atoms with Crippen molar-refractivity contribution >= 4 is 40.8 Å². The number of urea groups is 1. The smallest absolute Gasteiger partial charge is 0.326 e. The standard InChI is InChI=1S/C26H16Cl2F2N2O3/c27-18-13-16(31-26(34)32-25(33)23-20(29)10-6-11-21(23)30)14-19(28)24(18)35-22-12-5-4-9-17(22)15-7-2-1-3-8-15/h1-14H,(H2,31,32,33,34). The van der Waals surface area contributed by atoms with Crippen LogP contribution < -0.4 is 15.4 Å². The highest BCUT2D eigenvalue weighted by Gasteiger charge is 2.20. The number of nitrogens with one attached hydrogen (secondary N) is 2. The van der Waals surface area contributed by atoms with Gasteiger partial charge in [0.15, 0.2) is 5.75 Å². The minimum atomic E-state index is -1.24. The highest BCUT2D eigenvalue weighted by atomic mass is 35.5. The van der Waals surface area contributed by atoms with Gasteiger partial charge in [-0.1, -0.05) is 77.8 Å². The second-order valence-electron chi connectivity index (χ2n) is 7.24. The molecule has 0 atom stereocenters. The summed E-state index contributed by atoms with van der Waals surface area (Å²) in [5.74, 6) is -2.77. The van der Waals surface area contributed by atoms with E-state index >= 15 is 0 Å². The van der Waals surface area contributed by atoms with Gasteiger partial charge in [0.25, 0.3) is 5.91 Å². The van der Waals surface area contributed by atoms with Crippen LogP contribution in [0.25, 0.3) is 11.1 Å². The molecule has 3 amide bonds. The van der Waals surface area contributed by atoms with Crippen molar-refractivity contribution in [3.63, 3.8) is 0 Å². The second kappa shape index (κ2) is 10.5. The number of para-hydroxylation sites is 1. The molecule has 2 N–H and O–H groups in total. The maximum absolute atomic E-state index is 13.8. The number of imide groups is 1. The first-order valence-corrected chi connectivity index (χ1v) is 11.0. The van der Waals surface area contributed by atoms with E-state index < -0.39 is 29.1 Å². The van der Waals surface area contributed by atoms with E-state index in [4.69, 9.17) is 27.9 Å². The van der Waals surface area contributed by atoms with Crippen LogP contribution in [-0.2, 0) is 0 Å². The molecule has 0 saturated heterocycles. The van der Waals surface area contributed by atoms with Crippen LogP contribution in [0.3, 0.4) is 0 Å². The number of halogens is 4. The van der Waals surface area contributed by atoms with E-state index in [0.29, 0.717) is 5.75 Å². The molecule has 0 unspecified atom stereocenters. The van der Waals surface area contributed by atoms with Crippen LogP contribution >= 0.6 is 23.2 Å². The molecule has 4 rings (SSSR count). The van der Waals surface area contributed by atoms with Crippen LogP contribution in [0, 0.1) is 11.6 Å². The molecule has 0 heterocycles. The molecule has 0 saturated carbocycles. The number of anilines is 1. The van der Waals surface area contributed by atoms with Crippen LogP contribution in [0.5, 0.6) is 11.5 Å². The lowest BCUT2D eigenvalue weighted by Gasteiger charge is -2.15. The molecule has 0 aliphatic rings. The molecule has 0 bridgehead atoms. The number of ether oxygens (including phenoxy) is 1. The Balaban J connectivity index is 1.51. The molecule has 0 aliphatic heterocycles. The number of carbonyl (C=O) groups is 2. The van der Waals surface area contributed by atoms with Crippen molar-refractivity contribution < 1.29 is 23.1 Å². The van der Waals surface area contributed by atoms with Gasteiger partial charge in [0.1, 0.15) is 22.9 Å². The van der Waals surface area contributed by atoms with E-state index in [1.165, 1.54) is 12.1 Å². The largest absolute Gasteiger partial charge is 0.454 e. The topological polar surface area (TPSA) is 67.4 Å². The average molecular weight is 513 g/mol. The molecule has 4 aromatic rings. The summed E-state index contributed by atoms with van der Waals surface area (Å²) in [5, 5.41) is 4.38. The van der Waals surface area contributed by atoms with Crippen LogP contribution in [0.15, 0.2) is 84.9 Å². The lowest BCUT2D eigenvalue weighted by atomic mass is 10.0. The molecular weight excluding hydrogens is 497 g/mol. The Bertz CT molecular complexity index is 1370. The molecule has 0 aromatic heterocycles. The fraction of sp³-hybridized carbons (Fsp3) is 0. The molecule has 35 heavy (non-hydrogen) atoms. The summed E-state index contributed by atoms with van der Waals surface area (Å²) in [6.45, 7) is 0. The third-order valence-corrected chi connectivity index (χ3v) is 5.42. The SMILES string of the molecule is O=C(NC(=O)c1c(F)cccc1F)Nc1cc(Cl)c(Oc2ccccc2-c2ccccc2)c(Cl)c1. The lowest BCUT2D eigenvalue weighted by Crippen LogP contribution is -2.35. The van der Waals surface area contributed by atoms with Gasteiger partial charge in [-0.15, -0.1) is 0 Å². The molecule has 0 aliphatic carbocycles. The Morgan fingerprint density at radius 1 is 0.771 bits per heavy atom. The first kappa shape index (κ1) is 24.2. The van der Waals surface area contributed by atoms with Gasteiger partial charge in [-0.2, -0.15) is 0 Å². The van der Waals surface area contributed by atoms with E-state index in [2.05, 4.69) is 5.32 Å². The minimum absolute atomic E-state index is 0.0853. The summed E-state index contributed by atoms with van der Waals surface area (Å²) in [7, 11) is 0. The monoisotopic (exact) mass is 512 g/mol. The summed E-state index contributed by atoms with van der Waals surface area (Å²) in [6.07, 6.45) is 0. The first-order valence-electron chi connectivity index (χ1n) is 10.2. The van der Waals surface area contributed by atoms with E-state index in [0.717, 1.165) is 29.3 Å². The first-order chi connectivity index (χ1) is 16.8. The molecular formula is C26H16Cl2F2N2O3. The van der Waals surface area contributed by atoms with Crippen LogP contribution in [-0.4, -0.2) is 11.9 Å². The van der Waals surface area contributed by atoms with Crippen molar-refractivity contribution in [3.05, 3.63) is 112 Å². The van der Waals surface area contributed by atoms with Crippen LogP contribution in [0.1, 0.15) is 10.4 Å². The van der Waals surface area contributed by atoms with Gasteiger partial charge in [-0.3, -0.25) is 10.1 Å². The Morgan fingerprint density at radius 2 is 1.37 bits per heavy atom. The number of hydrogen-bond donors (Lipinski definition) is 2. The van der Waals surface area contributed by atoms with Crippen LogP contribution in [0.2, 0.25) is 10.0 Å². The zero-order valence-electron chi connectivity index (χ0n) is 17.8. The van der Waals surface area contributed by atoms with Crippen molar-refractivity contribution in [2.75, 3.05) is 5.32 Å². The van der Waals surface area contributed by atoms with E-state index in [-0.39, 0.29) is 21.5 Å². The van der Waals surface area contributed by atoms with Crippen molar-refractivity contribution in [1.82, 2.24) is 5.32 Å². The highest BCUT2D eigenvalue weighted by molar-refractivity contribution is 6.37. The van der Waals surface area contributed by atoms with Gasteiger partial charge in [0, 0.05) is 11.3 Å². The zero-order chi connectivity index (χ0) is 24.9.